The van der Waals surface area contributed by atoms with Crippen LogP contribution in [-0.4, -0.2) is 11.9 Å². The van der Waals surface area contributed by atoms with Crippen molar-refractivity contribution >= 4 is 35.6 Å². The smallest absolute Gasteiger partial charge is 0.241 e. The van der Waals surface area contributed by atoms with Gasteiger partial charge in [-0.05, 0) is 31.5 Å². The maximum Gasteiger partial charge on any atom is 0.241 e. The van der Waals surface area contributed by atoms with Crippen molar-refractivity contribution in [1.29, 1.82) is 0 Å². The molecule has 0 aliphatic heterocycles. The van der Waals surface area contributed by atoms with E-state index in [0.717, 1.165) is 5.56 Å². The molecule has 0 saturated heterocycles. The number of rotatable bonds is 2. The molecule has 1 aromatic carbocycles. The average molecular weight is 249 g/mol. The molecular weight excluding hydrogens is 235 g/mol. The monoisotopic (exact) mass is 248 g/mol. The molecule has 84 valence electrons. The highest BCUT2D eigenvalue weighted by Crippen LogP contribution is 2.22. The highest BCUT2D eigenvalue weighted by Gasteiger charge is 2.09. The van der Waals surface area contributed by atoms with Crippen molar-refractivity contribution in [2.75, 3.05) is 5.32 Å². The van der Waals surface area contributed by atoms with Crippen molar-refractivity contribution in [2.24, 2.45) is 5.73 Å². The minimum atomic E-state index is -0.536. The Hall–Kier alpha value is -0.770. The molecule has 0 fully saturated rings. The predicted molar refractivity (Wildman–Crippen MR) is 65.7 cm³/mol. The Morgan fingerprint density at radius 3 is 2.67 bits per heavy atom. The molecule has 3 N–H and O–H groups in total. The fourth-order valence-electron chi connectivity index (χ4n) is 0.981. The molecule has 0 unspecified atom stereocenters. The lowest BCUT2D eigenvalue weighted by Gasteiger charge is -2.09. The number of anilines is 1. The number of carbonyl (C=O) groups excluding carboxylic acids is 1. The standard InChI is InChI=1S/C10H13ClN2O.ClH/c1-6-3-4-8(11)9(5-6)13-10(14)7(2)12;/h3-5,7H,12H2,1-2H3,(H,13,14);1H/t7-;/m0./s1. The summed E-state index contributed by atoms with van der Waals surface area (Å²) in [4.78, 5) is 11.3. The van der Waals surface area contributed by atoms with E-state index < -0.39 is 6.04 Å². The van der Waals surface area contributed by atoms with Gasteiger partial charge in [0, 0.05) is 0 Å². The predicted octanol–water partition coefficient (Wildman–Crippen LogP) is 2.36. The molecule has 0 saturated carbocycles. The minimum absolute atomic E-state index is 0. The lowest BCUT2D eigenvalue weighted by Crippen LogP contribution is -2.32. The lowest BCUT2D eigenvalue weighted by molar-refractivity contribution is -0.117. The SMILES string of the molecule is Cc1ccc(Cl)c(NC(=O)[C@H](C)N)c1.Cl. The van der Waals surface area contributed by atoms with Crippen LogP contribution in [0.3, 0.4) is 0 Å². The van der Waals surface area contributed by atoms with E-state index in [4.69, 9.17) is 17.3 Å². The third-order valence-electron chi connectivity index (χ3n) is 1.79. The van der Waals surface area contributed by atoms with Crippen molar-refractivity contribution < 1.29 is 4.79 Å². The zero-order valence-electron chi connectivity index (χ0n) is 8.58. The first-order chi connectivity index (χ1) is 6.50. The average Bonchev–Trinajstić information content (AvgIpc) is 2.11. The maximum atomic E-state index is 11.3. The lowest BCUT2D eigenvalue weighted by atomic mass is 10.2. The second kappa shape index (κ2) is 5.95. The summed E-state index contributed by atoms with van der Waals surface area (Å²) in [5.41, 5.74) is 7.06. The molecular formula is C10H14Cl2N2O. The van der Waals surface area contributed by atoms with Crippen molar-refractivity contribution in [3.05, 3.63) is 28.8 Å². The Kier molecular flexibility index (Phi) is 5.65. The first-order valence-electron chi connectivity index (χ1n) is 4.33. The molecule has 0 aromatic heterocycles. The van der Waals surface area contributed by atoms with E-state index >= 15 is 0 Å². The first-order valence-corrected chi connectivity index (χ1v) is 4.71. The number of nitrogens with two attached hydrogens (primary N) is 1. The van der Waals surface area contributed by atoms with E-state index in [1.54, 1.807) is 13.0 Å². The van der Waals surface area contributed by atoms with Gasteiger partial charge in [-0.2, -0.15) is 0 Å². The van der Waals surface area contributed by atoms with Crippen LogP contribution in [0.4, 0.5) is 5.69 Å². The Morgan fingerprint density at radius 2 is 2.13 bits per heavy atom. The molecule has 1 amide bonds. The van der Waals surface area contributed by atoms with Gasteiger partial charge in [-0.1, -0.05) is 17.7 Å². The summed E-state index contributed by atoms with van der Waals surface area (Å²) < 4.78 is 0. The normalized spacial score (nSPS) is 11.5. The molecule has 1 atom stereocenters. The highest BCUT2D eigenvalue weighted by molar-refractivity contribution is 6.33. The van der Waals surface area contributed by atoms with Crippen LogP contribution in [0.25, 0.3) is 0 Å². The van der Waals surface area contributed by atoms with Gasteiger partial charge in [0.2, 0.25) is 5.91 Å². The number of amides is 1. The minimum Gasteiger partial charge on any atom is -0.323 e. The number of carbonyl (C=O) groups is 1. The summed E-state index contributed by atoms with van der Waals surface area (Å²) in [7, 11) is 0. The van der Waals surface area contributed by atoms with E-state index in [9.17, 15) is 4.79 Å². The summed E-state index contributed by atoms with van der Waals surface area (Å²) in [6, 6.07) is 4.90. The molecule has 1 aromatic rings. The van der Waals surface area contributed by atoms with E-state index in [0.29, 0.717) is 10.7 Å². The van der Waals surface area contributed by atoms with Crippen LogP contribution < -0.4 is 11.1 Å². The van der Waals surface area contributed by atoms with Crippen LogP contribution in [0.1, 0.15) is 12.5 Å². The number of nitrogens with one attached hydrogen (secondary N) is 1. The number of halogens is 2. The topological polar surface area (TPSA) is 55.1 Å². The molecule has 1 rings (SSSR count). The Bertz CT molecular complexity index is 353. The van der Waals surface area contributed by atoms with Gasteiger partial charge < -0.3 is 11.1 Å². The highest BCUT2D eigenvalue weighted by atomic mass is 35.5. The van der Waals surface area contributed by atoms with Gasteiger partial charge in [-0.25, -0.2) is 0 Å². The van der Waals surface area contributed by atoms with Crippen molar-refractivity contribution in [3.8, 4) is 0 Å². The molecule has 15 heavy (non-hydrogen) atoms. The summed E-state index contributed by atoms with van der Waals surface area (Å²) in [5, 5.41) is 3.17. The van der Waals surface area contributed by atoms with E-state index in [1.165, 1.54) is 0 Å². The molecule has 0 spiro atoms. The Balaban J connectivity index is 0.00000196. The number of hydrogen-bond acceptors (Lipinski definition) is 2. The number of aryl methyl sites for hydroxylation is 1. The number of hydrogen-bond donors (Lipinski definition) is 2. The van der Waals surface area contributed by atoms with E-state index in [2.05, 4.69) is 5.32 Å². The first kappa shape index (κ1) is 14.2. The largest absolute Gasteiger partial charge is 0.323 e. The van der Waals surface area contributed by atoms with Crippen LogP contribution in [0, 0.1) is 6.92 Å². The maximum absolute atomic E-state index is 11.3. The second-order valence-electron chi connectivity index (χ2n) is 3.26. The van der Waals surface area contributed by atoms with Crippen LogP contribution in [0.2, 0.25) is 5.02 Å². The van der Waals surface area contributed by atoms with Crippen molar-refractivity contribution in [2.45, 2.75) is 19.9 Å². The van der Waals surface area contributed by atoms with Crippen LogP contribution in [0.15, 0.2) is 18.2 Å². The molecule has 0 radical (unpaired) electrons. The van der Waals surface area contributed by atoms with Gasteiger partial charge in [0.05, 0.1) is 16.8 Å². The van der Waals surface area contributed by atoms with E-state index in [-0.39, 0.29) is 18.3 Å². The van der Waals surface area contributed by atoms with Gasteiger partial charge in [-0.3, -0.25) is 4.79 Å². The van der Waals surface area contributed by atoms with Crippen LogP contribution in [-0.2, 0) is 4.79 Å². The van der Waals surface area contributed by atoms with Crippen LogP contribution in [0.5, 0.6) is 0 Å². The number of benzene rings is 1. The van der Waals surface area contributed by atoms with Gasteiger partial charge in [0.15, 0.2) is 0 Å². The Labute approximate surface area is 100 Å². The summed E-state index contributed by atoms with van der Waals surface area (Å²) in [6.07, 6.45) is 0. The fraction of sp³-hybridized carbons (Fsp3) is 0.300. The molecule has 0 bridgehead atoms. The molecule has 3 nitrogen and oxygen atoms in total. The van der Waals surface area contributed by atoms with E-state index in [1.807, 2.05) is 19.1 Å². The summed E-state index contributed by atoms with van der Waals surface area (Å²) >= 11 is 5.89. The van der Waals surface area contributed by atoms with Gasteiger partial charge in [0.25, 0.3) is 0 Å². The van der Waals surface area contributed by atoms with Crippen molar-refractivity contribution in [3.63, 3.8) is 0 Å². The molecule has 0 heterocycles. The van der Waals surface area contributed by atoms with Gasteiger partial charge in [-0.15, -0.1) is 12.4 Å². The molecule has 0 aliphatic carbocycles. The summed E-state index contributed by atoms with van der Waals surface area (Å²) in [5.74, 6) is -0.238. The quantitative estimate of drug-likeness (QED) is 0.845. The van der Waals surface area contributed by atoms with Crippen LogP contribution >= 0.6 is 24.0 Å². The third kappa shape index (κ3) is 4.08. The third-order valence-corrected chi connectivity index (χ3v) is 2.12. The van der Waals surface area contributed by atoms with Gasteiger partial charge >= 0.3 is 0 Å². The van der Waals surface area contributed by atoms with Crippen molar-refractivity contribution in [1.82, 2.24) is 0 Å². The summed E-state index contributed by atoms with van der Waals surface area (Å²) in [6.45, 7) is 3.55. The molecule has 5 heteroatoms. The zero-order chi connectivity index (χ0) is 10.7. The zero-order valence-corrected chi connectivity index (χ0v) is 10.2. The fourth-order valence-corrected chi connectivity index (χ4v) is 1.15. The second-order valence-corrected chi connectivity index (χ2v) is 3.67. The molecule has 0 aliphatic rings. The Morgan fingerprint density at radius 1 is 1.53 bits per heavy atom. The van der Waals surface area contributed by atoms with Gasteiger partial charge in [0.1, 0.15) is 0 Å².